The van der Waals surface area contributed by atoms with Gasteiger partial charge in [0.15, 0.2) is 0 Å². The molecule has 0 saturated carbocycles. The van der Waals surface area contributed by atoms with E-state index in [1.54, 1.807) is 10.6 Å². The minimum atomic E-state index is -0.424. The van der Waals surface area contributed by atoms with E-state index < -0.39 is 15.8 Å². The number of hydrogen-bond acceptors (Lipinski definition) is 2. The number of fused-ring (bicyclic) bond motifs is 2. The molecule has 0 N–H and O–H groups in total. The molecule has 184 valence electrons. The largest absolute Gasteiger partial charge is 0.373 e. The van der Waals surface area contributed by atoms with Gasteiger partial charge in [-0.1, -0.05) is 97.1 Å². The Morgan fingerprint density at radius 3 is 1.25 bits per heavy atom. The highest BCUT2D eigenvalue weighted by molar-refractivity contribution is 7.79. The first-order valence-corrected chi connectivity index (χ1v) is 16.0. The first-order chi connectivity index (χ1) is 17.7. The number of rotatable bonds is 2. The third-order valence-electron chi connectivity index (χ3n) is 7.05. The first-order valence-electron chi connectivity index (χ1n) is 13.0. The minimum absolute atomic E-state index is 0.424. The molecule has 0 bridgehead atoms. The van der Waals surface area contributed by atoms with E-state index >= 15 is 0 Å². The van der Waals surface area contributed by atoms with Crippen molar-refractivity contribution >= 4 is 48.4 Å². The van der Waals surface area contributed by atoms with Crippen LogP contribution in [-0.4, -0.2) is 39.5 Å². The second-order valence-electron chi connectivity index (χ2n) is 9.50. The summed E-state index contributed by atoms with van der Waals surface area (Å²) < 4.78 is 0. The number of anilines is 2. The Morgan fingerprint density at radius 2 is 0.833 bits per heavy atom. The second-order valence-corrected chi connectivity index (χ2v) is 14.1. The van der Waals surface area contributed by atoms with Crippen molar-refractivity contribution in [2.45, 2.75) is 12.8 Å². The summed E-state index contributed by atoms with van der Waals surface area (Å²) in [4.78, 5) is 4.91. The van der Waals surface area contributed by atoms with Gasteiger partial charge < -0.3 is 9.80 Å². The quantitative estimate of drug-likeness (QED) is 0.309. The highest BCUT2D eigenvalue weighted by atomic mass is 31.1. The van der Waals surface area contributed by atoms with Crippen LogP contribution in [0, 0.1) is 0 Å². The molecule has 4 heteroatoms. The van der Waals surface area contributed by atoms with E-state index in [0.29, 0.717) is 0 Å². The SMILES string of the molecule is CN1CCC[P@](c2ccccc2)c2ccccc2[P@](c2ccccc2)CCCN(C)c2ccccc21. The summed E-state index contributed by atoms with van der Waals surface area (Å²) in [6, 6.07) is 40.8. The molecule has 0 unspecified atom stereocenters. The molecule has 0 aliphatic carbocycles. The van der Waals surface area contributed by atoms with Crippen LogP contribution < -0.4 is 31.0 Å². The van der Waals surface area contributed by atoms with Gasteiger partial charge in [0.2, 0.25) is 0 Å². The van der Waals surface area contributed by atoms with Crippen LogP contribution in [0.25, 0.3) is 0 Å². The Bertz CT molecular complexity index is 1150. The van der Waals surface area contributed by atoms with Crippen LogP contribution in [-0.2, 0) is 0 Å². The van der Waals surface area contributed by atoms with Crippen LogP contribution in [0.15, 0.2) is 109 Å². The Kier molecular flexibility index (Phi) is 8.37. The van der Waals surface area contributed by atoms with Crippen molar-refractivity contribution < 1.29 is 0 Å². The summed E-state index contributed by atoms with van der Waals surface area (Å²) in [5.41, 5.74) is 2.68. The molecule has 0 fully saturated rings. The fraction of sp³-hybridized carbons (Fsp3) is 0.250. The third-order valence-corrected chi connectivity index (χ3v) is 12.5. The smallest absolute Gasteiger partial charge is 0.0601 e. The molecule has 4 aromatic rings. The molecular formula is C32H36N2P2. The highest BCUT2D eigenvalue weighted by Crippen LogP contribution is 2.41. The fourth-order valence-electron chi connectivity index (χ4n) is 5.20. The molecule has 2 atom stereocenters. The summed E-state index contributed by atoms with van der Waals surface area (Å²) in [6.07, 6.45) is 4.76. The van der Waals surface area contributed by atoms with Gasteiger partial charge in [0.05, 0.1) is 11.4 Å². The van der Waals surface area contributed by atoms with Gasteiger partial charge in [0.25, 0.3) is 0 Å². The molecule has 36 heavy (non-hydrogen) atoms. The van der Waals surface area contributed by atoms with Crippen molar-refractivity contribution in [3.8, 4) is 0 Å². The molecule has 2 nitrogen and oxygen atoms in total. The average molecular weight is 511 g/mol. The lowest BCUT2D eigenvalue weighted by Crippen LogP contribution is -2.32. The zero-order valence-corrected chi connectivity index (χ0v) is 23.2. The van der Waals surface area contributed by atoms with Crippen molar-refractivity contribution in [3.05, 3.63) is 109 Å². The van der Waals surface area contributed by atoms with Crippen molar-refractivity contribution in [1.82, 2.24) is 0 Å². The Morgan fingerprint density at radius 1 is 0.472 bits per heavy atom. The van der Waals surface area contributed by atoms with Crippen LogP contribution in [0.2, 0.25) is 0 Å². The predicted octanol–water partition coefficient (Wildman–Crippen LogP) is 5.92. The Labute approximate surface area is 219 Å². The van der Waals surface area contributed by atoms with Gasteiger partial charge in [0.1, 0.15) is 0 Å². The lowest BCUT2D eigenvalue weighted by molar-refractivity contribution is 0.832. The van der Waals surface area contributed by atoms with Gasteiger partial charge in [0, 0.05) is 27.2 Å². The fourth-order valence-corrected chi connectivity index (χ4v) is 10.7. The molecule has 0 aromatic heterocycles. The van der Waals surface area contributed by atoms with Crippen LogP contribution in [0.3, 0.4) is 0 Å². The molecule has 0 radical (unpaired) electrons. The van der Waals surface area contributed by atoms with Crippen LogP contribution >= 0.6 is 15.8 Å². The Balaban J connectivity index is 1.59. The Hall–Kier alpha value is -2.66. The van der Waals surface area contributed by atoms with Crippen LogP contribution in [0.5, 0.6) is 0 Å². The van der Waals surface area contributed by atoms with Gasteiger partial charge >= 0.3 is 0 Å². The second kappa shape index (κ2) is 12.1. The normalized spacial score (nSPS) is 19.2. The molecular weight excluding hydrogens is 474 g/mol. The number of benzene rings is 4. The number of para-hydroxylation sites is 2. The van der Waals surface area contributed by atoms with Gasteiger partial charge in [-0.3, -0.25) is 0 Å². The van der Waals surface area contributed by atoms with E-state index in [4.69, 9.17) is 0 Å². The van der Waals surface area contributed by atoms with Gasteiger partial charge in [-0.25, -0.2) is 0 Å². The highest BCUT2D eigenvalue weighted by Gasteiger charge is 2.24. The summed E-state index contributed by atoms with van der Waals surface area (Å²) in [7, 11) is 3.66. The van der Waals surface area contributed by atoms with E-state index in [9.17, 15) is 0 Å². The molecule has 1 aliphatic heterocycles. The minimum Gasteiger partial charge on any atom is -0.373 e. The molecule has 1 aliphatic rings. The maximum atomic E-state index is 2.46. The average Bonchev–Trinajstić information content (AvgIpc) is 2.94. The van der Waals surface area contributed by atoms with E-state index in [1.165, 1.54) is 47.1 Å². The zero-order chi connectivity index (χ0) is 24.7. The maximum absolute atomic E-state index is 2.46. The lowest BCUT2D eigenvalue weighted by Gasteiger charge is -2.31. The van der Waals surface area contributed by atoms with Crippen LogP contribution in [0.1, 0.15) is 12.8 Å². The van der Waals surface area contributed by atoms with Crippen LogP contribution in [0.4, 0.5) is 11.4 Å². The summed E-state index contributed by atoms with van der Waals surface area (Å²) in [6.45, 7) is 2.12. The first kappa shape index (κ1) is 25.0. The maximum Gasteiger partial charge on any atom is 0.0601 e. The molecule has 0 spiro atoms. The van der Waals surface area contributed by atoms with Crippen molar-refractivity contribution in [1.29, 1.82) is 0 Å². The molecule has 4 aromatic carbocycles. The molecule has 0 saturated heterocycles. The van der Waals surface area contributed by atoms with Crippen molar-refractivity contribution in [3.63, 3.8) is 0 Å². The van der Waals surface area contributed by atoms with E-state index in [1.807, 2.05) is 0 Å². The van der Waals surface area contributed by atoms with E-state index in [0.717, 1.165) is 13.1 Å². The van der Waals surface area contributed by atoms with Crippen molar-refractivity contribution in [2.75, 3.05) is 49.3 Å². The van der Waals surface area contributed by atoms with E-state index in [2.05, 4.69) is 133 Å². The summed E-state index contributed by atoms with van der Waals surface area (Å²) in [5, 5.41) is 6.17. The summed E-state index contributed by atoms with van der Waals surface area (Å²) >= 11 is 0. The number of nitrogens with zero attached hydrogens (tertiary/aromatic N) is 2. The van der Waals surface area contributed by atoms with Gasteiger partial charge in [-0.05, 0) is 74.4 Å². The monoisotopic (exact) mass is 510 g/mol. The molecule has 1 heterocycles. The summed E-state index contributed by atoms with van der Waals surface area (Å²) in [5.74, 6) is 0. The lowest BCUT2D eigenvalue weighted by atomic mass is 10.2. The molecule has 5 rings (SSSR count). The zero-order valence-electron chi connectivity index (χ0n) is 21.4. The third kappa shape index (κ3) is 5.67. The standard InChI is InChI=1S/C32H36N2P2/c1-33-23-13-25-35(27-15-5-3-6-16-27)31-21-11-12-22-32(31)36(28-17-7-4-8-18-28)26-14-24-34(2)30-20-10-9-19-29(30)33/h3-12,15-22H,13-14,23-26H2,1-2H3/t35-,36+. The topological polar surface area (TPSA) is 6.48 Å². The predicted molar refractivity (Wildman–Crippen MR) is 164 cm³/mol. The van der Waals surface area contributed by atoms with Gasteiger partial charge in [-0.15, -0.1) is 0 Å². The van der Waals surface area contributed by atoms with Crippen molar-refractivity contribution in [2.24, 2.45) is 0 Å². The van der Waals surface area contributed by atoms with Gasteiger partial charge in [-0.2, -0.15) is 0 Å². The number of hydrogen-bond donors (Lipinski definition) is 0. The van der Waals surface area contributed by atoms with E-state index in [-0.39, 0.29) is 0 Å². The molecule has 0 amide bonds.